The average molecular weight is 487 g/mol. The summed E-state index contributed by atoms with van der Waals surface area (Å²) in [5, 5.41) is 1.70. The minimum absolute atomic E-state index is 0.00627. The van der Waals surface area contributed by atoms with Crippen LogP contribution in [0, 0.1) is 12.7 Å². The number of nitrogens with one attached hydrogen (secondary N) is 1. The third-order valence-corrected chi connectivity index (χ3v) is 5.43. The van der Waals surface area contributed by atoms with Crippen molar-refractivity contribution < 1.29 is 31.3 Å². The van der Waals surface area contributed by atoms with Crippen LogP contribution in [0.5, 0.6) is 11.6 Å². The van der Waals surface area contributed by atoms with E-state index in [0.717, 1.165) is 18.2 Å². The van der Waals surface area contributed by atoms with Gasteiger partial charge in [-0.2, -0.15) is 13.2 Å². The first-order chi connectivity index (χ1) is 15.0. The van der Waals surface area contributed by atoms with Gasteiger partial charge in [-0.25, -0.2) is 9.37 Å². The normalized spacial score (nSPS) is 12.3. The summed E-state index contributed by atoms with van der Waals surface area (Å²) in [5.74, 6) is -2.08. The summed E-state index contributed by atoms with van der Waals surface area (Å²) in [7, 11) is -1.32. The van der Waals surface area contributed by atoms with Crippen molar-refractivity contribution in [3.05, 3.63) is 76.2 Å². The summed E-state index contributed by atoms with van der Waals surface area (Å²) in [6.07, 6.45) is -3.45. The van der Waals surface area contributed by atoms with Crippen molar-refractivity contribution >= 4 is 34.0 Å². The minimum atomic E-state index is -4.90. The van der Waals surface area contributed by atoms with Gasteiger partial charge in [-0.05, 0) is 55.0 Å². The number of pyridine rings is 1. The van der Waals surface area contributed by atoms with Gasteiger partial charge in [0, 0.05) is 27.6 Å². The Morgan fingerprint density at radius 1 is 1.16 bits per heavy atom. The summed E-state index contributed by atoms with van der Waals surface area (Å²) in [5.41, 5.74) is -1.29. The molecule has 168 valence electrons. The number of hydrogen-bond donors (Lipinski definition) is 1. The first-order valence-electron chi connectivity index (χ1n) is 8.92. The highest BCUT2D eigenvalue weighted by molar-refractivity contribution is 7.84. The lowest BCUT2D eigenvalue weighted by molar-refractivity contribution is -0.141. The molecule has 11 heteroatoms. The summed E-state index contributed by atoms with van der Waals surface area (Å²) in [6, 6.07) is 10.3. The quantitative estimate of drug-likeness (QED) is 0.450. The molecule has 0 aliphatic carbocycles. The number of carbonyl (C=O) groups is 1. The number of anilines is 1. The van der Waals surface area contributed by atoms with Gasteiger partial charge in [0.2, 0.25) is 5.88 Å². The van der Waals surface area contributed by atoms with Gasteiger partial charge >= 0.3 is 6.18 Å². The zero-order valence-corrected chi connectivity index (χ0v) is 18.2. The molecular formula is C21H15ClF4N2O3S. The second kappa shape index (κ2) is 9.25. The molecule has 2 aromatic carbocycles. The monoisotopic (exact) mass is 486 g/mol. The van der Waals surface area contributed by atoms with Crippen molar-refractivity contribution in [2.75, 3.05) is 11.6 Å². The Morgan fingerprint density at radius 3 is 2.50 bits per heavy atom. The smallest absolute Gasteiger partial charge is 0.434 e. The van der Waals surface area contributed by atoms with Crippen molar-refractivity contribution in [2.24, 2.45) is 0 Å². The van der Waals surface area contributed by atoms with Gasteiger partial charge in [0.05, 0.1) is 5.02 Å². The number of ether oxygens (including phenoxy) is 1. The molecule has 0 aliphatic heterocycles. The molecular weight excluding hydrogens is 472 g/mol. The first kappa shape index (κ1) is 23.7. The lowest BCUT2D eigenvalue weighted by Gasteiger charge is -2.16. The van der Waals surface area contributed by atoms with Gasteiger partial charge in [0.25, 0.3) is 5.91 Å². The minimum Gasteiger partial charge on any atom is -0.438 e. The Labute approximate surface area is 187 Å². The molecule has 1 amide bonds. The fraction of sp³-hybridized carbons (Fsp3) is 0.143. The number of amides is 1. The van der Waals surface area contributed by atoms with E-state index in [2.05, 4.69) is 10.3 Å². The molecule has 0 fully saturated rings. The van der Waals surface area contributed by atoms with Crippen molar-refractivity contribution in [3.8, 4) is 11.6 Å². The molecule has 1 atom stereocenters. The fourth-order valence-corrected chi connectivity index (χ4v) is 3.52. The van der Waals surface area contributed by atoms with E-state index in [-0.39, 0.29) is 22.6 Å². The molecule has 32 heavy (non-hydrogen) atoms. The van der Waals surface area contributed by atoms with E-state index in [1.54, 1.807) is 12.1 Å². The molecule has 0 bridgehead atoms. The third-order valence-electron chi connectivity index (χ3n) is 4.22. The predicted molar refractivity (Wildman–Crippen MR) is 112 cm³/mol. The largest absolute Gasteiger partial charge is 0.438 e. The van der Waals surface area contributed by atoms with Crippen molar-refractivity contribution in [2.45, 2.75) is 18.0 Å². The number of halogens is 5. The summed E-state index contributed by atoms with van der Waals surface area (Å²) in [4.78, 5) is 16.7. The van der Waals surface area contributed by atoms with E-state index in [4.69, 9.17) is 16.3 Å². The number of aromatic nitrogens is 1. The van der Waals surface area contributed by atoms with Crippen LogP contribution < -0.4 is 10.1 Å². The van der Waals surface area contributed by atoms with Crippen LogP contribution in [0.3, 0.4) is 0 Å². The van der Waals surface area contributed by atoms with E-state index in [1.807, 2.05) is 0 Å². The first-order valence-corrected chi connectivity index (χ1v) is 10.9. The Kier molecular flexibility index (Phi) is 6.85. The Morgan fingerprint density at radius 2 is 1.88 bits per heavy atom. The van der Waals surface area contributed by atoms with E-state index >= 15 is 0 Å². The van der Waals surface area contributed by atoms with E-state index in [9.17, 15) is 26.6 Å². The van der Waals surface area contributed by atoms with Gasteiger partial charge < -0.3 is 10.1 Å². The predicted octanol–water partition coefficient (Wildman–Crippen LogP) is 5.98. The highest BCUT2D eigenvalue weighted by atomic mass is 35.5. The standard InChI is InChI=1S/C21H15ClF4N2O3S/c1-11-8-12(23)6-7-17(11)31-20-15(10-16(22)18(28-20)21(24,25)26)19(29)27-13-4-3-5-14(9-13)32(2)30/h3-10H,1-2H3,(H,27,29)/t32-/m1/s1. The van der Waals surface area contributed by atoms with E-state index in [1.165, 1.54) is 31.4 Å². The number of nitrogens with zero attached hydrogens (tertiary/aromatic N) is 1. The highest BCUT2D eigenvalue weighted by Gasteiger charge is 2.37. The number of hydrogen-bond acceptors (Lipinski definition) is 4. The number of benzene rings is 2. The maximum absolute atomic E-state index is 13.4. The zero-order valence-electron chi connectivity index (χ0n) is 16.6. The van der Waals surface area contributed by atoms with E-state index in [0.29, 0.717) is 4.90 Å². The topological polar surface area (TPSA) is 68.3 Å². The molecule has 0 aliphatic rings. The third kappa shape index (κ3) is 5.43. The SMILES string of the molecule is Cc1cc(F)ccc1Oc1nc(C(F)(F)F)c(Cl)cc1C(=O)Nc1cccc([S@@](C)=O)c1. The molecule has 0 radical (unpaired) electrons. The Balaban J connectivity index is 2.05. The van der Waals surface area contributed by atoms with Gasteiger partial charge in [-0.15, -0.1) is 0 Å². The fourth-order valence-electron chi connectivity index (χ4n) is 2.69. The van der Waals surface area contributed by atoms with Crippen molar-refractivity contribution in [1.29, 1.82) is 0 Å². The van der Waals surface area contributed by atoms with Crippen LogP contribution in [-0.4, -0.2) is 21.4 Å². The molecule has 0 unspecified atom stereocenters. The van der Waals surface area contributed by atoms with Gasteiger partial charge in [0.1, 0.15) is 17.1 Å². The Hall–Kier alpha value is -2.98. The molecule has 0 spiro atoms. The van der Waals surface area contributed by atoms with Crippen LogP contribution in [-0.2, 0) is 17.0 Å². The number of rotatable bonds is 5. The maximum Gasteiger partial charge on any atom is 0.434 e. The second-order valence-electron chi connectivity index (χ2n) is 6.62. The molecule has 3 aromatic rings. The zero-order chi connectivity index (χ0) is 23.6. The Bertz CT molecular complexity index is 1220. The number of alkyl halides is 3. The molecule has 0 saturated carbocycles. The van der Waals surface area contributed by atoms with Gasteiger partial charge in [-0.3, -0.25) is 9.00 Å². The van der Waals surface area contributed by atoms with Crippen LogP contribution in [0.25, 0.3) is 0 Å². The molecule has 1 aromatic heterocycles. The molecule has 3 rings (SSSR count). The van der Waals surface area contributed by atoms with Crippen LogP contribution in [0.2, 0.25) is 5.02 Å². The van der Waals surface area contributed by atoms with E-state index < -0.39 is 45.3 Å². The van der Waals surface area contributed by atoms with Crippen LogP contribution in [0.1, 0.15) is 21.6 Å². The van der Waals surface area contributed by atoms with Gasteiger partial charge in [-0.1, -0.05) is 17.7 Å². The lowest BCUT2D eigenvalue weighted by atomic mass is 10.2. The highest BCUT2D eigenvalue weighted by Crippen LogP contribution is 2.37. The van der Waals surface area contributed by atoms with Gasteiger partial charge in [0.15, 0.2) is 5.69 Å². The second-order valence-corrected chi connectivity index (χ2v) is 8.40. The van der Waals surface area contributed by atoms with Crippen LogP contribution >= 0.6 is 11.6 Å². The van der Waals surface area contributed by atoms with Crippen LogP contribution in [0.4, 0.5) is 23.2 Å². The summed E-state index contributed by atoms with van der Waals surface area (Å²) in [6.45, 7) is 1.48. The molecule has 0 saturated heterocycles. The van der Waals surface area contributed by atoms with Crippen molar-refractivity contribution in [3.63, 3.8) is 0 Å². The average Bonchev–Trinajstić information content (AvgIpc) is 2.70. The maximum atomic E-state index is 13.4. The number of carbonyl (C=O) groups excluding carboxylic acids is 1. The summed E-state index contributed by atoms with van der Waals surface area (Å²) < 4.78 is 70.5. The molecule has 1 heterocycles. The van der Waals surface area contributed by atoms with Crippen LogP contribution in [0.15, 0.2) is 53.4 Å². The summed E-state index contributed by atoms with van der Waals surface area (Å²) >= 11 is 5.75. The number of aryl methyl sites for hydroxylation is 1. The van der Waals surface area contributed by atoms with Crippen molar-refractivity contribution in [1.82, 2.24) is 4.98 Å². The molecule has 1 N–H and O–H groups in total. The lowest BCUT2D eigenvalue weighted by Crippen LogP contribution is -2.17. The molecule has 5 nitrogen and oxygen atoms in total.